The summed E-state index contributed by atoms with van der Waals surface area (Å²) < 4.78 is 5.00. The van der Waals surface area contributed by atoms with E-state index in [1.165, 1.54) is 12.8 Å². The second-order valence-electron chi connectivity index (χ2n) is 2.78. The fourth-order valence-electron chi connectivity index (χ4n) is 1.37. The smallest absolute Gasteiger partial charge is 0.229 e. The van der Waals surface area contributed by atoms with Crippen molar-refractivity contribution in [1.82, 2.24) is 5.16 Å². The first-order valence-corrected chi connectivity index (χ1v) is 3.83. The van der Waals surface area contributed by atoms with E-state index >= 15 is 0 Å². The highest BCUT2D eigenvalue weighted by atomic mass is 16.5. The van der Waals surface area contributed by atoms with E-state index in [2.05, 4.69) is 10.1 Å². The highest BCUT2D eigenvalue weighted by Crippen LogP contribution is 2.21. The maximum Gasteiger partial charge on any atom is 0.229 e. The van der Waals surface area contributed by atoms with E-state index in [9.17, 15) is 0 Å². The van der Waals surface area contributed by atoms with Gasteiger partial charge in [-0.2, -0.15) is 0 Å². The van der Waals surface area contributed by atoms with Crippen LogP contribution in [0.2, 0.25) is 0 Å². The third-order valence-electron chi connectivity index (χ3n) is 1.93. The molecule has 0 atom stereocenters. The number of anilines is 2. The Morgan fingerprint density at radius 1 is 1.45 bits per heavy atom. The molecule has 60 valence electrons. The van der Waals surface area contributed by atoms with E-state index < -0.39 is 0 Å². The Morgan fingerprint density at radius 2 is 2.18 bits per heavy atom. The van der Waals surface area contributed by atoms with Gasteiger partial charge in [-0.15, -0.1) is 0 Å². The molecule has 1 aliphatic rings. The molecule has 2 rings (SSSR count). The van der Waals surface area contributed by atoms with Crippen molar-refractivity contribution in [1.29, 1.82) is 0 Å². The zero-order valence-corrected chi connectivity index (χ0v) is 6.29. The summed E-state index contributed by atoms with van der Waals surface area (Å²) in [7, 11) is 0. The van der Waals surface area contributed by atoms with Gasteiger partial charge in [0.05, 0.1) is 0 Å². The lowest BCUT2D eigenvalue weighted by Crippen LogP contribution is -2.16. The Hall–Kier alpha value is -1.19. The van der Waals surface area contributed by atoms with Crippen molar-refractivity contribution < 1.29 is 4.52 Å². The predicted molar refractivity (Wildman–Crippen MR) is 42.4 cm³/mol. The Kier molecular flexibility index (Phi) is 1.45. The number of nitrogens with two attached hydrogens (primary N) is 1. The van der Waals surface area contributed by atoms with Gasteiger partial charge in [0, 0.05) is 19.2 Å². The van der Waals surface area contributed by atoms with Crippen LogP contribution in [0.5, 0.6) is 0 Å². The van der Waals surface area contributed by atoms with E-state index in [1.54, 1.807) is 6.07 Å². The first-order chi connectivity index (χ1) is 5.36. The number of hydrogen-bond donors (Lipinski definition) is 1. The van der Waals surface area contributed by atoms with Crippen molar-refractivity contribution in [3.8, 4) is 0 Å². The second-order valence-corrected chi connectivity index (χ2v) is 2.78. The van der Waals surface area contributed by atoms with Crippen molar-refractivity contribution >= 4 is 11.7 Å². The van der Waals surface area contributed by atoms with E-state index in [-0.39, 0.29) is 0 Å². The molecule has 0 aromatic carbocycles. The summed E-state index contributed by atoms with van der Waals surface area (Å²) in [5, 5.41) is 3.62. The van der Waals surface area contributed by atoms with Crippen LogP contribution < -0.4 is 10.6 Å². The molecule has 4 heteroatoms. The maximum atomic E-state index is 5.41. The van der Waals surface area contributed by atoms with Crippen LogP contribution in [-0.2, 0) is 0 Å². The normalized spacial score (nSPS) is 17.6. The molecule has 0 unspecified atom stereocenters. The summed E-state index contributed by atoms with van der Waals surface area (Å²) in [5.41, 5.74) is 5.41. The summed E-state index contributed by atoms with van der Waals surface area (Å²) in [6.45, 7) is 2.13. The molecule has 1 aromatic heterocycles. The Bertz CT molecular complexity index is 240. The summed E-state index contributed by atoms with van der Waals surface area (Å²) in [6.07, 6.45) is 2.47. The molecule has 4 nitrogen and oxygen atoms in total. The van der Waals surface area contributed by atoms with Crippen LogP contribution in [-0.4, -0.2) is 18.2 Å². The van der Waals surface area contributed by atoms with E-state index in [4.69, 9.17) is 10.3 Å². The fourth-order valence-corrected chi connectivity index (χ4v) is 1.37. The van der Waals surface area contributed by atoms with Gasteiger partial charge in [-0.25, -0.2) is 0 Å². The van der Waals surface area contributed by atoms with Crippen molar-refractivity contribution in [3.05, 3.63) is 6.07 Å². The number of hydrogen-bond acceptors (Lipinski definition) is 4. The van der Waals surface area contributed by atoms with Gasteiger partial charge in [0.25, 0.3) is 0 Å². The summed E-state index contributed by atoms with van der Waals surface area (Å²) >= 11 is 0. The third kappa shape index (κ3) is 1.15. The van der Waals surface area contributed by atoms with Gasteiger partial charge in [-0.05, 0) is 12.8 Å². The molecule has 0 spiro atoms. The average molecular weight is 153 g/mol. The fraction of sp³-hybridized carbons (Fsp3) is 0.571. The Morgan fingerprint density at radius 3 is 2.73 bits per heavy atom. The summed E-state index contributed by atoms with van der Waals surface area (Å²) in [6, 6.07) is 1.77. The SMILES string of the molecule is Nc1cc(N2CCCC2)on1. The van der Waals surface area contributed by atoms with E-state index in [1.807, 2.05) is 0 Å². The summed E-state index contributed by atoms with van der Waals surface area (Å²) in [5.74, 6) is 1.27. The van der Waals surface area contributed by atoms with Crippen LogP contribution in [0.25, 0.3) is 0 Å². The molecule has 2 heterocycles. The molecule has 2 N–H and O–H groups in total. The van der Waals surface area contributed by atoms with Gasteiger partial charge in [0.15, 0.2) is 5.82 Å². The topological polar surface area (TPSA) is 55.3 Å². The molecular weight excluding hydrogens is 142 g/mol. The molecular formula is C7H11N3O. The third-order valence-corrected chi connectivity index (χ3v) is 1.93. The van der Waals surface area contributed by atoms with E-state index in [0.717, 1.165) is 19.0 Å². The van der Waals surface area contributed by atoms with Gasteiger partial charge in [-0.1, -0.05) is 5.16 Å². The molecule has 1 aliphatic heterocycles. The minimum absolute atomic E-state index is 0.465. The van der Waals surface area contributed by atoms with E-state index in [0.29, 0.717) is 5.82 Å². The quantitative estimate of drug-likeness (QED) is 0.650. The molecule has 0 radical (unpaired) electrons. The highest BCUT2D eigenvalue weighted by Gasteiger charge is 2.15. The Balaban J connectivity index is 2.15. The average Bonchev–Trinajstić information content (AvgIpc) is 2.55. The lowest BCUT2D eigenvalue weighted by atomic mass is 10.4. The molecule has 0 aliphatic carbocycles. The number of nitrogens with zero attached hydrogens (tertiary/aromatic N) is 2. The number of rotatable bonds is 1. The van der Waals surface area contributed by atoms with Crippen LogP contribution in [0, 0.1) is 0 Å². The second kappa shape index (κ2) is 2.45. The molecule has 1 aromatic rings. The molecule has 1 saturated heterocycles. The van der Waals surface area contributed by atoms with Crippen molar-refractivity contribution in [2.24, 2.45) is 0 Å². The van der Waals surface area contributed by atoms with Crippen LogP contribution in [0.15, 0.2) is 10.6 Å². The van der Waals surface area contributed by atoms with Crippen LogP contribution in [0.1, 0.15) is 12.8 Å². The standard InChI is InChI=1S/C7H11N3O/c8-6-5-7(11-9-6)10-3-1-2-4-10/h5H,1-4H2,(H2,8,9). The van der Waals surface area contributed by atoms with Crippen LogP contribution in [0.3, 0.4) is 0 Å². The van der Waals surface area contributed by atoms with Gasteiger partial charge < -0.3 is 15.2 Å². The zero-order valence-electron chi connectivity index (χ0n) is 6.29. The molecule has 0 amide bonds. The minimum Gasteiger partial charge on any atom is -0.381 e. The minimum atomic E-state index is 0.465. The van der Waals surface area contributed by atoms with Crippen LogP contribution in [0.4, 0.5) is 11.7 Å². The number of nitrogen functional groups attached to an aromatic ring is 1. The van der Waals surface area contributed by atoms with Crippen LogP contribution >= 0.6 is 0 Å². The van der Waals surface area contributed by atoms with Crippen molar-refractivity contribution in [3.63, 3.8) is 0 Å². The first kappa shape index (κ1) is 6.52. The predicted octanol–water partition coefficient (Wildman–Crippen LogP) is 0.857. The summed E-state index contributed by atoms with van der Waals surface area (Å²) in [4.78, 5) is 2.16. The molecule has 0 bridgehead atoms. The first-order valence-electron chi connectivity index (χ1n) is 3.83. The maximum absolute atomic E-state index is 5.41. The monoisotopic (exact) mass is 153 g/mol. The van der Waals surface area contributed by atoms with Gasteiger partial charge >= 0.3 is 0 Å². The number of aromatic nitrogens is 1. The lowest BCUT2D eigenvalue weighted by Gasteiger charge is -2.10. The van der Waals surface area contributed by atoms with Gasteiger partial charge in [0.2, 0.25) is 5.88 Å². The molecule has 11 heavy (non-hydrogen) atoms. The molecule has 1 fully saturated rings. The van der Waals surface area contributed by atoms with Gasteiger partial charge in [0.1, 0.15) is 0 Å². The highest BCUT2D eigenvalue weighted by molar-refractivity contribution is 5.44. The van der Waals surface area contributed by atoms with Crippen molar-refractivity contribution in [2.75, 3.05) is 23.7 Å². The lowest BCUT2D eigenvalue weighted by molar-refractivity contribution is 0.423. The van der Waals surface area contributed by atoms with Gasteiger partial charge in [-0.3, -0.25) is 0 Å². The molecule has 0 saturated carbocycles. The van der Waals surface area contributed by atoms with Crippen molar-refractivity contribution in [2.45, 2.75) is 12.8 Å². The Labute approximate surface area is 65.0 Å². The zero-order chi connectivity index (χ0) is 7.68. The largest absolute Gasteiger partial charge is 0.381 e.